The van der Waals surface area contributed by atoms with Gasteiger partial charge < -0.3 is 10.2 Å². The fourth-order valence-corrected chi connectivity index (χ4v) is 6.09. The van der Waals surface area contributed by atoms with Crippen LogP contribution in [0.5, 0.6) is 0 Å². The molecule has 2 aliphatic carbocycles. The van der Waals surface area contributed by atoms with Crippen LogP contribution < -0.4 is 0 Å². The first kappa shape index (κ1) is 22.0. The first-order valence-corrected chi connectivity index (χ1v) is 12.0. The molecule has 2 aromatic rings. The topological polar surface area (TPSA) is 40.5 Å². The maximum Gasteiger partial charge on any atom is 0.0583 e. The van der Waals surface area contributed by atoms with Crippen molar-refractivity contribution in [3.8, 4) is 0 Å². The maximum atomic E-state index is 11.0. The van der Waals surface area contributed by atoms with Crippen LogP contribution in [0.25, 0.3) is 11.1 Å². The van der Waals surface area contributed by atoms with Gasteiger partial charge in [0, 0.05) is 17.9 Å². The lowest BCUT2D eigenvalue weighted by atomic mass is 9.66. The largest absolute Gasteiger partial charge is 0.396 e. The van der Waals surface area contributed by atoms with Gasteiger partial charge in [-0.25, -0.2) is 0 Å². The van der Waals surface area contributed by atoms with E-state index in [1.165, 1.54) is 47.1 Å². The summed E-state index contributed by atoms with van der Waals surface area (Å²) in [5.74, 6) is 0.222. The van der Waals surface area contributed by atoms with Crippen LogP contribution in [0.2, 0.25) is 0 Å². The number of benzene rings is 2. The Morgan fingerprint density at radius 2 is 1.55 bits per heavy atom. The number of hydrogen-bond donors (Lipinski definition) is 2. The Morgan fingerprint density at radius 1 is 0.903 bits per heavy atom. The zero-order valence-electron chi connectivity index (χ0n) is 18.6. The van der Waals surface area contributed by atoms with Gasteiger partial charge in [0.15, 0.2) is 0 Å². The Kier molecular flexibility index (Phi) is 7.09. The van der Waals surface area contributed by atoms with Crippen molar-refractivity contribution >= 4 is 11.1 Å². The van der Waals surface area contributed by atoms with Gasteiger partial charge >= 0.3 is 0 Å². The van der Waals surface area contributed by atoms with Crippen LogP contribution >= 0.6 is 0 Å². The number of unbranched alkanes of at least 4 members (excludes halogenated alkanes) is 4. The zero-order chi connectivity index (χ0) is 21.7. The minimum absolute atomic E-state index is 0.172. The Morgan fingerprint density at radius 3 is 2.26 bits per heavy atom. The van der Waals surface area contributed by atoms with E-state index in [1.54, 1.807) is 0 Å². The summed E-state index contributed by atoms with van der Waals surface area (Å²) in [6.07, 6.45) is 9.20. The van der Waals surface area contributed by atoms with E-state index in [0.717, 1.165) is 38.5 Å². The lowest BCUT2D eigenvalue weighted by Crippen LogP contribution is -2.29. The molecule has 2 aliphatic rings. The van der Waals surface area contributed by atoms with Gasteiger partial charge in [0.05, 0.1) is 6.10 Å². The fraction of sp³-hybridized carbons (Fsp3) is 0.448. The van der Waals surface area contributed by atoms with Gasteiger partial charge in [-0.1, -0.05) is 92.1 Å². The molecule has 0 bridgehead atoms. The normalized spacial score (nSPS) is 25.1. The molecule has 2 aromatic carbocycles. The lowest BCUT2D eigenvalue weighted by Gasteiger charge is -2.37. The smallest absolute Gasteiger partial charge is 0.0583 e. The first-order chi connectivity index (χ1) is 15.2. The summed E-state index contributed by atoms with van der Waals surface area (Å²) < 4.78 is 0. The third kappa shape index (κ3) is 4.29. The first-order valence-electron chi connectivity index (χ1n) is 12.0. The third-order valence-electron chi connectivity index (χ3n) is 7.56. The summed E-state index contributed by atoms with van der Waals surface area (Å²) in [7, 11) is 0. The van der Waals surface area contributed by atoms with Crippen molar-refractivity contribution in [1.82, 2.24) is 0 Å². The average molecular weight is 417 g/mol. The summed E-state index contributed by atoms with van der Waals surface area (Å²) in [4.78, 5) is 0. The highest BCUT2D eigenvalue weighted by Gasteiger charge is 2.56. The second kappa shape index (κ2) is 9.97. The number of aliphatic hydroxyl groups is 2. The number of hydrogen-bond acceptors (Lipinski definition) is 2. The second-order valence-electron chi connectivity index (χ2n) is 9.32. The van der Waals surface area contributed by atoms with Crippen LogP contribution in [0.4, 0.5) is 0 Å². The average Bonchev–Trinajstić information content (AvgIpc) is 3.31. The number of rotatable bonds is 10. The number of fused-ring (bicyclic) bond motifs is 1. The van der Waals surface area contributed by atoms with Gasteiger partial charge in [-0.15, -0.1) is 0 Å². The van der Waals surface area contributed by atoms with Gasteiger partial charge in [0.2, 0.25) is 0 Å². The molecule has 4 rings (SSSR count). The molecule has 2 heteroatoms. The molecule has 164 valence electrons. The summed E-state index contributed by atoms with van der Waals surface area (Å²) in [6.45, 7) is 4.94. The van der Waals surface area contributed by atoms with Crippen LogP contribution in [-0.4, -0.2) is 22.9 Å². The van der Waals surface area contributed by atoms with E-state index in [9.17, 15) is 5.11 Å². The van der Waals surface area contributed by atoms with E-state index < -0.39 is 0 Å². The van der Waals surface area contributed by atoms with Gasteiger partial charge in [0.1, 0.15) is 0 Å². The van der Waals surface area contributed by atoms with Crippen LogP contribution in [0.1, 0.15) is 68.9 Å². The summed E-state index contributed by atoms with van der Waals surface area (Å²) >= 11 is 0. The van der Waals surface area contributed by atoms with E-state index in [4.69, 9.17) is 5.11 Å². The molecule has 2 N–H and O–H groups in total. The van der Waals surface area contributed by atoms with Crippen molar-refractivity contribution in [2.24, 2.45) is 11.3 Å². The van der Waals surface area contributed by atoms with Crippen molar-refractivity contribution in [3.63, 3.8) is 0 Å². The predicted octanol–water partition coefficient (Wildman–Crippen LogP) is 6.65. The molecule has 3 unspecified atom stereocenters. The number of allylic oxidation sites excluding steroid dienone is 3. The van der Waals surface area contributed by atoms with Gasteiger partial charge in [-0.2, -0.15) is 0 Å². The van der Waals surface area contributed by atoms with Crippen molar-refractivity contribution in [2.75, 3.05) is 6.61 Å². The Labute approximate surface area is 187 Å². The Bertz CT molecular complexity index is 899. The monoisotopic (exact) mass is 416 g/mol. The molecule has 1 fully saturated rings. The van der Waals surface area contributed by atoms with Crippen molar-refractivity contribution in [3.05, 3.63) is 83.9 Å². The minimum Gasteiger partial charge on any atom is -0.396 e. The van der Waals surface area contributed by atoms with Crippen LogP contribution in [0, 0.1) is 11.3 Å². The van der Waals surface area contributed by atoms with E-state index in [1.807, 2.05) is 0 Å². The molecular formula is C29H36O2. The van der Waals surface area contributed by atoms with Crippen LogP contribution in [-0.2, 0) is 0 Å². The molecule has 2 nitrogen and oxygen atoms in total. The lowest BCUT2D eigenvalue weighted by molar-refractivity contribution is 0.120. The SMILES string of the molecule is C=C(c1ccccc1)C12CCC(O)C1CC(CCCCCCCO)=C2c1ccccc1. The van der Waals surface area contributed by atoms with Crippen molar-refractivity contribution in [2.45, 2.75) is 63.9 Å². The quantitative estimate of drug-likeness (QED) is 0.426. The molecule has 0 aromatic heterocycles. The molecule has 0 aliphatic heterocycles. The van der Waals surface area contributed by atoms with E-state index in [0.29, 0.717) is 6.61 Å². The fourth-order valence-electron chi connectivity index (χ4n) is 6.09. The van der Waals surface area contributed by atoms with Gasteiger partial charge in [-0.05, 0) is 60.8 Å². The third-order valence-corrected chi connectivity index (χ3v) is 7.56. The molecule has 0 saturated heterocycles. The predicted molar refractivity (Wildman–Crippen MR) is 129 cm³/mol. The molecule has 0 radical (unpaired) electrons. The number of aliphatic hydroxyl groups excluding tert-OH is 2. The van der Waals surface area contributed by atoms with E-state index >= 15 is 0 Å². The summed E-state index contributed by atoms with van der Waals surface area (Å²) in [5.41, 5.74) is 6.46. The molecule has 0 spiro atoms. The molecule has 1 saturated carbocycles. The Hall–Kier alpha value is -2.16. The molecule has 0 heterocycles. The molecule has 31 heavy (non-hydrogen) atoms. The van der Waals surface area contributed by atoms with Crippen LogP contribution in [0.3, 0.4) is 0 Å². The van der Waals surface area contributed by atoms with Gasteiger partial charge in [-0.3, -0.25) is 0 Å². The van der Waals surface area contributed by atoms with Crippen molar-refractivity contribution in [1.29, 1.82) is 0 Å². The highest BCUT2D eigenvalue weighted by Crippen LogP contribution is 2.66. The summed E-state index contributed by atoms with van der Waals surface area (Å²) in [5, 5.41) is 20.0. The Balaban J connectivity index is 1.69. The van der Waals surface area contributed by atoms with Gasteiger partial charge in [0.25, 0.3) is 0 Å². The van der Waals surface area contributed by atoms with E-state index in [-0.39, 0.29) is 17.4 Å². The highest BCUT2D eigenvalue weighted by molar-refractivity contribution is 5.90. The zero-order valence-corrected chi connectivity index (χ0v) is 18.6. The minimum atomic E-state index is -0.263. The summed E-state index contributed by atoms with van der Waals surface area (Å²) in [6, 6.07) is 21.4. The highest BCUT2D eigenvalue weighted by atomic mass is 16.3. The molecule has 3 atom stereocenters. The molecular weight excluding hydrogens is 380 g/mol. The van der Waals surface area contributed by atoms with Crippen LogP contribution in [0.15, 0.2) is 72.8 Å². The molecule has 0 amide bonds. The van der Waals surface area contributed by atoms with Crippen molar-refractivity contribution < 1.29 is 10.2 Å². The van der Waals surface area contributed by atoms with E-state index in [2.05, 4.69) is 67.2 Å². The standard InChI is InChI=1S/C29H36O2/c1-22(23-13-8-5-9-14-23)29-19-18-27(31)26(29)21-25(17-7-3-2-4-12-20-30)28(29)24-15-10-6-11-16-24/h5-6,8-11,13-16,26-27,30-31H,1-4,7,12,17-21H2. The second-order valence-corrected chi connectivity index (χ2v) is 9.32. The maximum absolute atomic E-state index is 11.0.